The summed E-state index contributed by atoms with van der Waals surface area (Å²) in [6.07, 6.45) is 2.25. The van der Waals surface area contributed by atoms with Crippen LogP contribution in [0.4, 0.5) is 11.5 Å². The summed E-state index contributed by atoms with van der Waals surface area (Å²) in [7, 11) is 1.75. The Morgan fingerprint density at radius 2 is 2.21 bits per heavy atom. The number of aromatic nitrogens is 2. The summed E-state index contributed by atoms with van der Waals surface area (Å²) in [6.45, 7) is 4.09. The Kier molecular flexibility index (Phi) is 4.57. The van der Waals surface area contributed by atoms with E-state index in [9.17, 15) is 4.79 Å². The minimum Gasteiger partial charge on any atom is -0.482 e. The third-order valence-electron chi connectivity index (χ3n) is 4.12. The van der Waals surface area contributed by atoms with Gasteiger partial charge >= 0.3 is 0 Å². The SMILES string of the molecule is CCc1ncnc(NC(C)c2ccc3c(c2)N(C)C(=O)CO3)c1Cl. The molecule has 1 N–H and O–H groups in total. The molecule has 24 heavy (non-hydrogen) atoms. The van der Waals surface area contributed by atoms with Gasteiger partial charge in [-0.3, -0.25) is 4.79 Å². The van der Waals surface area contributed by atoms with E-state index in [0.29, 0.717) is 16.6 Å². The monoisotopic (exact) mass is 346 g/mol. The molecular weight excluding hydrogens is 328 g/mol. The number of hydrogen-bond acceptors (Lipinski definition) is 5. The first kappa shape index (κ1) is 16.5. The zero-order chi connectivity index (χ0) is 17.3. The largest absolute Gasteiger partial charge is 0.482 e. The van der Waals surface area contributed by atoms with Crippen molar-refractivity contribution in [2.24, 2.45) is 0 Å². The summed E-state index contributed by atoms with van der Waals surface area (Å²) in [5, 5.41) is 3.85. The third-order valence-corrected chi connectivity index (χ3v) is 4.52. The van der Waals surface area contributed by atoms with Gasteiger partial charge in [0.1, 0.15) is 22.9 Å². The molecule has 2 aromatic rings. The van der Waals surface area contributed by atoms with Crippen LogP contribution in [0.3, 0.4) is 0 Å². The second-order valence-corrected chi connectivity index (χ2v) is 6.05. The van der Waals surface area contributed by atoms with Gasteiger partial charge in [0, 0.05) is 7.05 Å². The van der Waals surface area contributed by atoms with Crippen molar-refractivity contribution in [3.05, 3.63) is 40.8 Å². The van der Waals surface area contributed by atoms with Crippen LogP contribution in [0.5, 0.6) is 5.75 Å². The number of carbonyl (C=O) groups is 1. The Hall–Kier alpha value is -2.34. The molecule has 0 aliphatic carbocycles. The van der Waals surface area contributed by atoms with E-state index in [0.717, 1.165) is 23.4 Å². The molecule has 6 nitrogen and oxygen atoms in total. The van der Waals surface area contributed by atoms with Crippen LogP contribution in [-0.4, -0.2) is 29.5 Å². The van der Waals surface area contributed by atoms with E-state index in [1.165, 1.54) is 6.33 Å². The maximum atomic E-state index is 11.8. The number of fused-ring (bicyclic) bond motifs is 1. The van der Waals surface area contributed by atoms with Gasteiger partial charge in [-0.25, -0.2) is 9.97 Å². The smallest absolute Gasteiger partial charge is 0.264 e. The number of benzene rings is 1. The van der Waals surface area contributed by atoms with Crippen LogP contribution < -0.4 is 15.0 Å². The molecule has 1 atom stereocenters. The summed E-state index contributed by atoms with van der Waals surface area (Å²) in [5.41, 5.74) is 2.58. The van der Waals surface area contributed by atoms with Gasteiger partial charge in [0.2, 0.25) is 0 Å². The molecule has 0 bridgehead atoms. The zero-order valence-corrected chi connectivity index (χ0v) is 14.6. The van der Waals surface area contributed by atoms with E-state index in [1.807, 2.05) is 32.0 Å². The highest BCUT2D eigenvalue weighted by Crippen LogP contribution is 2.34. The number of hydrogen-bond donors (Lipinski definition) is 1. The van der Waals surface area contributed by atoms with E-state index in [2.05, 4.69) is 15.3 Å². The molecule has 0 radical (unpaired) electrons. The summed E-state index contributed by atoms with van der Waals surface area (Å²) in [5.74, 6) is 1.25. The van der Waals surface area contributed by atoms with Crippen molar-refractivity contribution < 1.29 is 9.53 Å². The number of anilines is 2. The summed E-state index contributed by atoms with van der Waals surface area (Å²) < 4.78 is 5.46. The topological polar surface area (TPSA) is 67.4 Å². The van der Waals surface area contributed by atoms with Gasteiger partial charge in [-0.1, -0.05) is 24.6 Å². The first-order valence-corrected chi connectivity index (χ1v) is 8.18. The van der Waals surface area contributed by atoms with Crippen molar-refractivity contribution in [1.82, 2.24) is 9.97 Å². The lowest BCUT2D eigenvalue weighted by atomic mass is 10.1. The number of carbonyl (C=O) groups excluding carboxylic acids is 1. The zero-order valence-electron chi connectivity index (χ0n) is 13.8. The molecule has 2 heterocycles. The Bertz CT molecular complexity index is 781. The predicted molar refractivity (Wildman–Crippen MR) is 93.8 cm³/mol. The Morgan fingerprint density at radius 3 is 2.96 bits per heavy atom. The maximum absolute atomic E-state index is 11.8. The third kappa shape index (κ3) is 3.01. The van der Waals surface area contributed by atoms with E-state index in [4.69, 9.17) is 16.3 Å². The standard InChI is InChI=1S/C17H19ClN4O2/c1-4-12-16(18)17(20-9-19-12)21-10(2)11-5-6-14-13(7-11)22(3)15(23)8-24-14/h5-7,9-10H,4,8H2,1-3H3,(H,19,20,21). The van der Waals surface area contributed by atoms with Crippen LogP contribution in [0, 0.1) is 0 Å². The first-order chi connectivity index (χ1) is 11.5. The molecule has 1 amide bonds. The average Bonchev–Trinajstić information content (AvgIpc) is 2.59. The van der Waals surface area contributed by atoms with Crippen molar-refractivity contribution in [1.29, 1.82) is 0 Å². The Morgan fingerprint density at radius 1 is 1.42 bits per heavy atom. The highest BCUT2D eigenvalue weighted by molar-refractivity contribution is 6.33. The van der Waals surface area contributed by atoms with Crippen LogP contribution in [-0.2, 0) is 11.2 Å². The Labute approximate surface area is 145 Å². The van der Waals surface area contributed by atoms with E-state index in [1.54, 1.807) is 11.9 Å². The fourth-order valence-electron chi connectivity index (χ4n) is 2.60. The van der Waals surface area contributed by atoms with Crippen molar-refractivity contribution >= 4 is 29.0 Å². The number of ether oxygens (including phenoxy) is 1. The lowest BCUT2D eigenvalue weighted by Gasteiger charge is -2.27. The van der Waals surface area contributed by atoms with Gasteiger partial charge in [-0.15, -0.1) is 0 Å². The molecule has 0 spiro atoms. The number of amides is 1. The average molecular weight is 347 g/mol. The second kappa shape index (κ2) is 6.65. The summed E-state index contributed by atoms with van der Waals surface area (Å²) >= 11 is 6.34. The number of rotatable bonds is 4. The van der Waals surface area contributed by atoms with Gasteiger partial charge in [0.15, 0.2) is 6.61 Å². The maximum Gasteiger partial charge on any atom is 0.264 e. The number of nitrogens with zero attached hydrogens (tertiary/aromatic N) is 3. The molecule has 0 saturated heterocycles. The van der Waals surface area contributed by atoms with Gasteiger partial charge < -0.3 is 15.0 Å². The van der Waals surface area contributed by atoms with Crippen LogP contribution >= 0.6 is 11.6 Å². The molecule has 1 aliphatic rings. The molecule has 0 saturated carbocycles. The van der Waals surface area contributed by atoms with Gasteiger partial charge in [-0.05, 0) is 31.0 Å². The minimum absolute atomic E-state index is 0.0437. The van der Waals surface area contributed by atoms with E-state index in [-0.39, 0.29) is 18.6 Å². The highest BCUT2D eigenvalue weighted by atomic mass is 35.5. The fraction of sp³-hybridized carbons (Fsp3) is 0.353. The summed E-state index contributed by atoms with van der Waals surface area (Å²) in [6, 6.07) is 5.75. The number of aryl methyl sites for hydroxylation is 1. The van der Waals surface area contributed by atoms with Gasteiger partial charge in [0.05, 0.1) is 17.4 Å². The molecule has 126 valence electrons. The van der Waals surface area contributed by atoms with Crippen LogP contribution in [0.1, 0.15) is 31.1 Å². The van der Waals surface area contributed by atoms with E-state index >= 15 is 0 Å². The quantitative estimate of drug-likeness (QED) is 0.920. The molecule has 3 rings (SSSR count). The van der Waals surface area contributed by atoms with Crippen LogP contribution in [0.25, 0.3) is 0 Å². The predicted octanol–water partition coefficient (Wildman–Crippen LogP) is 3.22. The lowest BCUT2D eigenvalue weighted by molar-refractivity contribution is -0.120. The highest BCUT2D eigenvalue weighted by Gasteiger charge is 2.23. The Balaban J connectivity index is 1.86. The first-order valence-electron chi connectivity index (χ1n) is 7.80. The molecule has 1 aromatic heterocycles. The molecular formula is C17H19ClN4O2. The molecule has 1 aliphatic heterocycles. The molecule has 0 fully saturated rings. The van der Waals surface area contributed by atoms with Crippen molar-refractivity contribution in [3.8, 4) is 5.75 Å². The summed E-state index contributed by atoms with van der Waals surface area (Å²) in [4.78, 5) is 21.8. The fourth-order valence-corrected chi connectivity index (χ4v) is 2.89. The van der Waals surface area contributed by atoms with Gasteiger partial charge in [-0.2, -0.15) is 0 Å². The van der Waals surface area contributed by atoms with E-state index < -0.39 is 0 Å². The van der Waals surface area contributed by atoms with Crippen molar-refractivity contribution in [2.75, 3.05) is 23.9 Å². The number of halogens is 1. The van der Waals surface area contributed by atoms with Crippen LogP contribution in [0.2, 0.25) is 5.02 Å². The van der Waals surface area contributed by atoms with Crippen LogP contribution in [0.15, 0.2) is 24.5 Å². The second-order valence-electron chi connectivity index (χ2n) is 5.67. The molecule has 1 aromatic carbocycles. The number of likely N-dealkylation sites (N-methyl/N-ethyl adjacent to an activating group) is 1. The van der Waals surface area contributed by atoms with Gasteiger partial charge in [0.25, 0.3) is 5.91 Å². The minimum atomic E-state index is -0.0632. The molecule has 1 unspecified atom stereocenters. The molecule has 7 heteroatoms. The lowest BCUT2D eigenvalue weighted by Crippen LogP contribution is -2.35. The van der Waals surface area contributed by atoms with Crippen molar-refractivity contribution in [3.63, 3.8) is 0 Å². The number of nitrogens with one attached hydrogen (secondary N) is 1. The normalized spacial score (nSPS) is 14.8. The van der Waals surface area contributed by atoms with Crippen molar-refractivity contribution in [2.45, 2.75) is 26.3 Å².